The second kappa shape index (κ2) is 7.53. The van der Waals surface area contributed by atoms with E-state index >= 15 is 0 Å². The fourth-order valence-electron chi connectivity index (χ4n) is 1.57. The molecule has 0 aliphatic rings. The zero-order valence-electron chi connectivity index (χ0n) is 11.2. The van der Waals surface area contributed by atoms with Crippen molar-refractivity contribution in [2.45, 2.75) is 0 Å². The third-order valence-electron chi connectivity index (χ3n) is 2.45. The quantitative estimate of drug-likeness (QED) is 0.627. The molecule has 0 heterocycles. The van der Waals surface area contributed by atoms with Crippen LogP contribution in [0.5, 0.6) is 0 Å². The number of carbonyl (C=O) groups excluding carboxylic acids is 2. The van der Waals surface area contributed by atoms with E-state index in [4.69, 9.17) is 23.2 Å². The summed E-state index contributed by atoms with van der Waals surface area (Å²) in [6, 6.07) is 12.0. The van der Waals surface area contributed by atoms with Gasteiger partial charge in [-0.3, -0.25) is 0 Å². The molecule has 0 radical (unpaired) electrons. The van der Waals surface area contributed by atoms with E-state index in [1.54, 1.807) is 48.5 Å². The monoisotopic (exact) mass is 338 g/mol. The number of benzene rings is 2. The standard InChI is InChI=1S/C14H12Cl2N4O2/c15-9-3-1-5-11(7-9)17-13(21)19-20-14(22)18-12-6-2-4-10(16)8-12/h1-8H,(H2,17,19,21)(H2,18,20,22). The summed E-state index contributed by atoms with van der Waals surface area (Å²) in [4.78, 5) is 23.2. The van der Waals surface area contributed by atoms with Crippen molar-refractivity contribution < 1.29 is 9.59 Å². The Morgan fingerprint density at radius 1 is 0.727 bits per heavy atom. The summed E-state index contributed by atoms with van der Waals surface area (Å²) in [5.74, 6) is 0. The molecule has 114 valence electrons. The second-order valence-corrected chi connectivity index (χ2v) is 5.05. The Bertz CT molecular complexity index is 635. The van der Waals surface area contributed by atoms with Gasteiger partial charge in [0, 0.05) is 21.4 Å². The number of rotatable bonds is 2. The third-order valence-corrected chi connectivity index (χ3v) is 2.92. The number of urea groups is 2. The minimum Gasteiger partial charge on any atom is -0.307 e. The van der Waals surface area contributed by atoms with Gasteiger partial charge in [-0.05, 0) is 36.4 Å². The molecule has 0 bridgehead atoms. The second-order valence-electron chi connectivity index (χ2n) is 4.18. The Labute approximate surface area is 136 Å². The molecule has 2 rings (SSSR count). The van der Waals surface area contributed by atoms with Gasteiger partial charge < -0.3 is 10.6 Å². The van der Waals surface area contributed by atoms with Crippen molar-refractivity contribution in [1.29, 1.82) is 0 Å². The number of carbonyl (C=O) groups is 2. The van der Waals surface area contributed by atoms with E-state index in [-0.39, 0.29) is 0 Å². The maximum atomic E-state index is 11.6. The van der Waals surface area contributed by atoms with Gasteiger partial charge >= 0.3 is 12.1 Å². The molecule has 2 aromatic carbocycles. The van der Waals surface area contributed by atoms with E-state index < -0.39 is 12.1 Å². The van der Waals surface area contributed by atoms with E-state index in [0.717, 1.165) is 0 Å². The van der Waals surface area contributed by atoms with E-state index in [9.17, 15) is 9.59 Å². The largest absolute Gasteiger partial charge is 0.337 e. The fraction of sp³-hybridized carbons (Fsp3) is 0. The summed E-state index contributed by atoms with van der Waals surface area (Å²) in [6.07, 6.45) is 0. The van der Waals surface area contributed by atoms with Gasteiger partial charge in [-0.15, -0.1) is 0 Å². The molecule has 22 heavy (non-hydrogen) atoms. The molecular weight excluding hydrogens is 327 g/mol. The predicted octanol–water partition coefficient (Wildman–Crippen LogP) is 3.85. The molecule has 2 aromatic rings. The molecule has 4 amide bonds. The number of hydrogen-bond donors (Lipinski definition) is 4. The van der Waals surface area contributed by atoms with Gasteiger partial charge in [0.25, 0.3) is 0 Å². The molecule has 0 aliphatic carbocycles. The Morgan fingerprint density at radius 3 is 1.50 bits per heavy atom. The number of anilines is 2. The number of amides is 4. The predicted molar refractivity (Wildman–Crippen MR) is 87.2 cm³/mol. The number of nitrogens with one attached hydrogen (secondary N) is 4. The molecule has 8 heteroatoms. The molecule has 0 aromatic heterocycles. The number of hydrogen-bond acceptors (Lipinski definition) is 2. The minimum atomic E-state index is -0.608. The van der Waals surface area contributed by atoms with Crippen molar-refractivity contribution in [1.82, 2.24) is 10.9 Å². The van der Waals surface area contributed by atoms with Crippen LogP contribution in [0.4, 0.5) is 21.0 Å². The van der Waals surface area contributed by atoms with E-state index in [1.165, 1.54) is 0 Å². The van der Waals surface area contributed by atoms with Crippen molar-refractivity contribution >= 4 is 46.6 Å². The average Bonchev–Trinajstić information content (AvgIpc) is 2.45. The molecule has 4 N–H and O–H groups in total. The lowest BCUT2D eigenvalue weighted by Gasteiger charge is -2.10. The normalized spacial score (nSPS) is 9.73. The molecule has 0 fully saturated rings. The first kappa shape index (κ1) is 15.9. The van der Waals surface area contributed by atoms with E-state index in [1.807, 2.05) is 0 Å². The molecular formula is C14H12Cl2N4O2. The third kappa shape index (κ3) is 5.16. The Morgan fingerprint density at radius 2 is 1.14 bits per heavy atom. The molecule has 0 saturated carbocycles. The van der Waals surface area contributed by atoms with Crippen LogP contribution in [0.15, 0.2) is 48.5 Å². The molecule has 6 nitrogen and oxygen atoms in total. The summed E-state index contributed by atoms with van der Waals surface area (Å²) in [5, 5.41) is 6.01. The van der Waals surface area contributed by atoms with Crippen molar-refractivity contribution in [3.05, 3.63) is 58.6 Å². The summed E-state index contributed by atoms with van der Waals surface area (Å²) < 4.78 is 0. The maximum absolute atomic E-state index is 11.6. The number of hydrazine groups is 1. The highest BCUT2D eigenvalue weighted by atomic mass is 35.5. The Kier molecular flexibility index (Phi) is 5.46. The molecule has 0 aliphatic heterocycles. The first-order valence-corrected chi connectivity index (χ1v) is 6.93. The topological polar surface area (TPSA) is 82.3 Å². The highest BCUT2D eigenvalue weighted by molar-refractivity contribution is 6.31. The van der Waals surface area contributed by atoms with Crippen molar-refractivity contribution in [2.75, 3.05) is 10.6 Å². The van der Waals surface area contributed by atoms with Crippen LogP contribution < -0.4 is 21.5 Å². The molecule has 0 atom stereocenters. The Hall–Kier alpha value is -2.44. The summed E-state index contributed by atoms with van der Waals surface area (Å²) in [5.41, 5.74) is 5.40. The van der Waals surface area contributed by atoms with Crippen molar-refractivity contribution in [2.24, 2.45) is 0 Å². The van der Waals surface area contributed by atoms with Crippen LogP contribution in [-0.2, 0) is 0 Å². The van der Waals surface area contributed by atoms with Crippen LogP contribution in [0, 0.1) is 0 Å². The molecule has 0 unspecified atom stereocenters. The van der Waals surface area contributed by atoms with Gasteiger partial charge in [0.15, 0.2) is 0 Å². The number of halogens is 2. The summed E-state index contributed by atoms with van der Waals surface area (Å²) >= 11 is 11.6. The van der Waals surface area contributed by atoms with E-state index in [2.05, 4.69) is 21.5 Å². The first-order chi connectivity index (χ1) is 10.5. The molecule has 0 saturated heterocycles. The lowest BCUT2D eigenvalue weighted by Crippen LogP contribution is -2.45. The van der Waals surface area contributed by atoms with Gasteiger partial charge in [0.05, 0.1) is 0 Å². The van der Waals surface area contributed by atoms with Crippen LogP contribution >= 0.6 is 23.2 Å². The first-order valence-electron chi connectivity index (χ1n) is 6.18. The summed E-state index contributed by atoms with van der Waals surface area (Å²) in [7, 11) is 0. The zero-order valence-corrected chi connectivity index (χ0v) is 12.7. The van der Waals surface area contributed by atoms with Crippen LogP contribution in [-0.4, -0.2) is 12.1 Å². The maximum Gasteiger partial charge on any atom is 0.337 e. The van der Waals surface area contributed by atoms with Crippen LogP contribution in [0.25, 0.3) is 0 Å². The van der Waals surface area contributed by atoms with Gasteiger partial charge in [-0.25, -0.2) is 20.4 Å². The Balaban J connectivity index is 1.79. The minimum absolute atomic E-state index is 0.490. The smallest absolute Gasteiger partial charge is 0.307 e. The lowest BCUT2D eigenvalue weighted by molar-refractivity contribution is 0.237. The average molecular weight is 339 g/mol. The van der Waals surface area contributed by atoms with Gasteiger partial charge in [-0.2, -0.15) is 0 Å². The fourth-order valence-corrected chi connectivity index (χ4v) is 1.95. The van der Waals surface area contributed by atoms with Crippen LogP contribution in [0.1, 0.15) is 0 Å². The van der Waals surface area contributed by atoms with Crippen LogP contribution in [0.3, 0.4) is 0 Å². The van der Waals surface area contributed by atoms with Gasteiger partial charge in [0.2, 0.25) is 0 Å². The highest BCUT2D eigenvalue weighted by Gasteiger charge is 2.05. The van der Waals surface area contributed by atoms with Gasteiger partial charge in [0.1, 0.15) is 0 Å². The summed E-state index contributed by atoms with van der Waals surface area (Å²) in [6.45, 7) is 0. The highest BCUT2D eigenvalue weighted by Crippen LogP contribution is 2.15. The molecule has 0 spiro atoms. The van der Waals surface area contributed by atoms with E-state index in [0.29, 0.717) is 21.4 Å². The lowest BCUT2D eigenvalue weighted by atomic mass is 10.3. The van der Waals surface area contributed by atoms with Crippen LogP contribution in [0.2, 0.25) is 10.0 Å². The SMILES string of the molecule is O=C(NNC(=O)Nc1cccc(Cl)c1)Nc1cccc(Cl)c1. The van der Waals surface area contributed by atoms with Crippen molar-refractivity contribution in [3.63, 3.8) is 0 Å². The van der Waals surface area contributed by atoms with Gasteiger partial charge in [-0.1, -0.05) is 35.3 Å². The van der Waals surface area contributed by atoms with Crippen molar-refractivity contribution in [3.8, 4) is 0 Å². The zero-order chi connectivity index (χ0) is 15.9.